The molecule has 2 heteroatoms. The summed E-state index contributed by atoms with van der Waals surface area (Å²) < 4.78 is 0. The van der Waals surface area contributed by atoms with Gasteiger partial charge in [-0.25, -0.2) is 9.97 Å². The molecule has 0 unspecified atom stereocenters. The summed E-state index contributed by atoms with van der Waals surface area (Å²) in [5, 5.41) is 5.00. The molecule has 1 heterocycles. The minimum absolute atomic E-state index is 0.180. The van der Waals surface area contributed by atoms with Crippen molar-refractivity contribution in [1.29, 1.82) is 0 Å². The Morgan fingerprint density at radius 2 is 0.830 bits per heavy atom. The molecule has 8 aromatic carbocycles. The Morgan fingerprint density at radius 1 is 0.340 bits per heavy atom. The van der Waals surface area contributed by atoms with E-state index in [1.54, 1.807) is 0 Å². The van der Waals surface area contributed by atoms with Crippen molar-refractivity contribution >= 4 is 21.5 Å². The van der Waals surface area contributed by atoms with Gasteiger partial charge in [0.1, 0.15) is 0 Å². The number of nitrogens with zero attached hydrogens (tertiary/aromatic N) is 2. The van der Waals surface area contributed by atoms with Crippen LogP contribution >= 0.6 is 0 Å². The average Bonchev–Trinajstić information content (AvgIpc) is 3.47. The molecular formula is C51H36N2. The zero-order valence-electron chi connectivity index (χ0n) is 29.7. The molecular weight excluding hydrogens is 641 g/mol. The third-order valence-electron chi connectivity index (χ3n) is 11.1. The Kier molecular flexibility index (Phi) is 7.19. The first kappa shape index (κ1) is 31.1. The van der Waals surface area contributed by atoms with Crippen molar-refractivity contribution in [3.63, 3.8) is 0 Å². The molecule has 53 heavy (non-hydrogen) atoms. The molecule has 250 valence electrons. The lowest BCUT2D eigenvalue weighted by Crippen LogP contribution is -2.17. The first-order valence-corrected chi connectivity index (χ1v) is 18.3. The standard InChI is InChI=1S/C51H36N2/c1-51(2)48-37-22-10-9-18-34(37)28-29-45(48)44-27-15-26-43(49(44)51)40-30-31-42(39-24-13-12-23-38(39)40)47-32-46(52-50(53-47)35-19-7-4-8-20-35)41-25-14-11-21-36(41)33-16-5-3-6-17-33/h3-32H,1-2H3. The van der Waals surface area contributed by atoms with Crippen LogP contribution in [0.1, 0.15) is 25.0 Å². The third kappa shape index (κ3) is 5.02. The van der Waals surface area contributed by atoms with Gasteiger partial charge < -0.3 is 0 Å². The highest BCUT2D eigenvalue weighted by molar-refractivity contribution is 6.07. The molecule has 0 bridgehead atoms. The molecule has 1 aromatic heterocycles. The quantitative estimate of drug-likeness (QED) is 0.181. The molecule has 0 atom stereocenters. The van der Waals surface area contributed by atoms with E-state index in [2.05, 4.69) is 178 Å². The van der Waals surface area contributed by atoms with Crippen LogP contribution in [0.15, 0.2) is 182 Å². The van der Waals surface area contributed by atoms with Gasteiger partial charge in [-0.05, 0) is 72.1 Å². The number of hydrogen-bond acceptors (Lipinski definition) is 2. The summed E-state index contributed by atoms with van der Waals surface area (Å²) in [6.45, 7) is 4.79. The van der Waals surface area contributed by atoms with Gasteiger partial charge in [-0.1, -0.05) is 190 Å². The highest BCUT2D eigenvalue weighted by atomic mass is 14.9. The van der Waals surface area contributed by atoms with E-state index in [9.17, 15) is 0 Å². The highest BCUT2D eigenvalue weighted by Gasteiger charge is 2.39. The van der Waals surface area contributed by atoms with Gasteiger partial charge >= 0.3 is 0 Å². The largest absolute Gasteiger partial charge is 0.228 e. The van der Waals surface area contributed by atoms with Crippen molar-refractivity contribution in [2.75, 3.05) is 0 Å². The topological polar surface area (TPSA) is 25.8 Å². The fourth-order valence-electron chi connectivity index (χ4n) is 8.74. The van der Waals surface area contributed by atoms with E-state index < -0.39 is 0 Å². The summed E-state index contributed by atoms with van der Waals surface area (Å²) in [6.07, 6.45) is 0. The minimum atomic E-state index is -0.180. The second-order valence-corrected chi connectivity index (χ2v) is 14.5. The monoisotopic (exact) mass is 676 g/mol. The van der Waals surface area contributed by atoms with E-state index in [1.165, 1.54) is 54.9 Å². The summed E-state index contributed by atoms with van der Waals surface area (Å²) in [4.78, 5) is 10.5. The molecule has 0 amide bonds. The SMILES string of the molecule is CC1(C)c2c(cccc2-c2ccc(-c3cc(-c4ccccc4-c4ccccc4)nc(-c4ccccc4)n3)c3ccccc23)-c2ccc3ccccc3c21. The Hall–Kier alpha value is -6.64. The van der Waals surface area contributed by atoms with Crippen molar-refractivity contribution in [2.45, 2.75) is 19.3 Å². The molecule has 0 saturated carbocycles. The fraction of sp³-hybridized carbons (Fsp3) is 0.0588. The predicted octanol–water partition coefficient (Wildman–Crippen LogP) is 13.4. The van der Waals surface area contributed by atoms with E-state index in [-0.39, 0.29) is 5.41 Å². The Labute approximate surface area is 310 Å². The normalized spacial score (nSPS) is 12.9. The summed E-state index contributed by atoms with van der Waals surface area (Å²) >= 11 is 0. The van der Waals surface area contributed by atoms with Crippen molar-refractivity contribution in [1.82, 2.24) is 9.97 Å². The lowest BCUT2D eigenvalue weighted by atomic mass is 9.77. The van der Waals surface area contributed by atoms with Crippen LogP contribution in [0.25, 0.3) is 88.8 Å². The third-order valence-corrected chi connectivity index (χ3v) is 11.1. The van der Waals surface area contributed by atoms with Gasteiger partial charge in [-0.2, -0.15) is 0 Å². The van der Waals surface area contributed by atoms with Gasteiger partial charge in [0.15, 0.2) is 5.82 Å². The Morgan fingerprint density at radius 3 is 1.57 bits per heavy atom. The molecule has 0 N–H and O–H groups in total. The summed E-state index contributed by atoms with van der Waals surface area (Å²) in [7, 11) is 0. The Bertz CT molecular complexity index is 2850. The van der Waals surface area contributed by atoms with Crippen LogP contribution in [0.2, 0.25) is 0 Å². The predicted molar refractivity (Wildman–Crippen MR) is 222 cm³/mol. The summed E-state index contributed by atoms with van der Waals surface area (Å²) in [5.41, 5.74) is 15.1. The van der Waals surface area contributed by atoms with E-state index in [0.29, 0.717) is 5.82 Å². The van der Waals surface area contributed by atoms with Crippen LogP contribution in [0, 0.1) is 0 Å². The van der Waals surface area contributed by atoms with Crippen LogP contribution in [0.5, 0.6) is 0 Å². The highest BCUT2D eigenvalue weighted by Crippen LogP contribution is 2.55. The zero-order chi connectivity index (χ0) is 35.5. The number of rotatable bonds is 5. The maximum absolute atomic E-state index is 5.28. The van der Waals surface area contributed by atoms with E-state index in [0.717, 1.165) is 39.2 Å². The molecule has 0 aliphatic heterocycles. The van der Waals surface area contributed by atoms with Crippen molar-refractivity contribution in [3.8, 4) is 67.3 Å². The summed E-state index contributed by atoms with van der Waals surface area (Å²) in [5.74, 6) is 0.710. The second kappa shape index (κ2) is 12.3. The van der Waals surface area contributed by atoms with Gasteiger partial charge in [-0.3, -0.25) is 0 Å². The molecule has 0 fully saturated rings. The van der Waals surface area contributed by atoms with Crippen molar-refractivity contribution < 1.29 is 0 Å². The van der Waals surface area contributed by atoms with Gasteiger partial charge in [0.2, 0.25) is 0 Å². The maximum Gasteiger partial charge on any atom is 0.160 e. The lowest BCUT2D eigenvalue weighted by Gasteiger charge is -2.26. The summed E-state index contributed by atoms with van der Waals surface area (Å²) in [6, 6.07) is 65.2. The fourth-order valence-corrected chi connectivity index (χ4v) is 8.74. The maximum atomic E-state index is 5.28. The molecule has 10 rings (SSSR count). The van der Waals surface area contributed by atoms with Crippen LogP contribution < -0.4 is 0 Å². The van der Waals surface area contributed by atoms with Crippen LogP contribution in [0.4, 0.5) is 0 Å². The van der Waals surface area contributed by atoms with Gasteiger partial charge in [0, 0.05) is 22.1 Å². The van der Waals surface area contributed by atoms with Gasteiger partial charge in [0.05, 0.1) is 11.4 Å². The van der Waals surface area contributed by atoms with Crippen LogP contribution in [-0.2, 0) is 5.41 Å². The minimum Gasteiger partial charge on any atom is -0.228 e. The molecule has 0 radical (unpaired) electrons. The molecule has 2 nitrogen and oxygen atoms in total. The smallest absolute Gasteiger partial charge is 0.160 e. The van der Waals surface area contributed by atoms with E-state index in [4.69, 9.17) is 9.97 Å². The molecule has 0 spiro atoms. The second-order valence-electron chi connectivity index (χ2n) is 14.5. The molecule has 1 aliphatic carbocycles. The molecule has 9 aromatic rings. The number of fused-ring (bicyclic) bond motifs is 6. The van der Waals surface area contributed by atoms with Crippen molar-refractivity contribution in [2.24, 2.45) is 0 Å². The number of benzene rings is 8. The first-order valence-electron chi connectivity index (χ1n) is 18.3. The lowest BCUT2D eigenvalue weighted by molar-refractivity contribution is 0.668. The average molecular weight is 677 g/mol. The van der Waals surface area contributed by atoms with Crippen LogP contribution in [-0.4, -0.2) is 9.97 Å². The van der Waals surface area contributed by atoms with Crippen LogP contribution in [0.3, 0.4) is 0 Å². The van der Waals surface area contributed by atoms with Gasteiger partial charge in [-0.15, -0.1) is 0 Å². The molecule has 1 aliphatic rings. The van der Waals surface area contributed by atoms with E-state index >= 15 is 0 Å². The first-order chi connectivity index (χ1) is 26.1. The Balaban J connectivity index is 1.18. The van der Waals surface area contributed by atoms with E-state index in [1.807, 2.05) is 18.2 Å². The molecule has 0 saturated heterocycles. The number of hydrogen-bond donors (Lipinski definition) is 0. The van der Waals surface area contributed by atoms with Gasteiger partial charge in [0.25, 0.3) is 0 Å². The van der Waals surface area contributed by atoms with Crippen molar-refractivity contribution in [3.05, 3.63) is 193 Å². The number of aromatic nitrogens is 2. The zero-order valence-corrected chi connectivity index (χ0v) is 29.7.